The Labute approximate surface area is 209 Å². The smallest absolute Gasteiger partial charge is 0.365 e. The van der Waals surface area contributed by atoms with E-state index >= 15 is 0 Å². The first-order chi connectivity index (χ1) is 17.8. The second-order valence-corrected chi connectivity index (χ2v) is 8.00. The summed E-state index contributed by atoms with van der Waals surface area (Å²) in [5.74, 6) is -0.607. The lowest BCUT2D eigenvalue weighted by Gasteiger charge is -2.31. The summed E-state index contributed by atoms with van der Waals surface area (Å²) in [5, 5.41) is 23.0. The maximum atomic E-state index is 13.4. The van der Waals surface area contributed by atoms with Crippen LogP contribution in [0.2, 0.25) is 0 Å². The number of nitrogens with zero attached hydrogens (tertiary/aromatic N) is 6. The summed E-state index contributed by atoms with van der Waals surface area (Å²) in [6.45, 7) is -1.19. The Kier molecular flexibility index (Phi) is 7.01. The number of alkyl halides is 6. The minimum Gasteiger partial charge on any atom is -0.365 e. The molecule has 17 heteroatoms. The summed E-state index contributed by atoms with van der Waals surface area (Å²) in [4.78, 5) is 31.6. The number of amides is 1. The zero-order valence-electron chi connectivity index (χ0n) is 19.0. The number of aromatic nitrogens is 4. The molecule has 1 aromatic carbocycles. The fourth-order valence-corrected chi connectivity index (χ4v) is 3.70. The second kappa shape index (κ2) is 10.1. The van der Waals surface area contributed by atoms with E-state index in [0.717, 1.165) is 12.1 Å². The maximum absolute atomic E-state index is 13.4. The Morgan fingerprint density at radius 3 is 2.47 bits per heavy atom. The molecule has 0 atom stereocenters. The van der Waals surface area contributed by atoms with Crippen LogP contribution in [0.3, 0.4) is 0 Å². The van der Waals surface area contributed by atoms with E-state index in [1.807, 2.05) is 0 Å². The summed E-state index contributed by atoms with van der Waals surface area (Å²) < 4.78 is 76.9. The quantitative estimate of drug-likeness (QED) is 0.271. The summed E-state index contributed by atoms with van der Waals surface area (Å²) in [6.07, 6.45) is -7.98. The first-order valence-electron chi connectivity index (χ1n) is 10.7. The Balaban J connectivity index is 1.49. The standard InChI is InChI=1S/C21H16F6N8O3/c22-20(23,24)9-28-19(36)14-2-4-17(33-32-14)31-18-12-5-6-34(8-15(12)29-10-30-18)11-1-3-16(35(37)38)13(7-11)21(25,26)27/h1-4,7,10H,5-6,8-9H2,(H,28,36)(H,29,30,31,33). The number of anilines is 3. The highest BCUT2D eigenvalue weighted by atomic mass is 19.4. The third kappa shape index (κ3) is 6.04. The van der Waals surface area contributed by atoms with Crippen molar-refractivity contribution in [3.63, 3.8) is 0 Å². The maximum Gasteiger partial charge on any atom is 0.423 e. The third-order valence-electron chi connectivity index (χ3n) is 5.45. The molecule has 0 spiro atoms. The van der Waals surface area contributed by atoms with Crippen LogP contribution in [0.5, 0.6) is 0 Å². The molecule has 0 saturated carbocycles. The van der Waals surface area contributed by atoms with Gasteiger partial charge in [-0.1, -0.05) is 0 Å². The monoisotopic (exact) mass is 542 g/mol. The highest BCUT2D eigenvalue weighted by Gasteiger charge is 2.39. The summed E-state index contributed by atoms with van der Waals surface area (Å²) in [6, 6.07) is 5.26. The Morgan fingerprint density at radius 1 is 1.08 bits per heavy atom. The predicted octanol–water partition coefficient (Wildman–Crippen LogP) is 3.79. The number of rotatable bonds is 6. The topological polar surface area (TPSA) is 139 Å². The van der Waals surface area contributed by atoms with Gasteiger partial charge in [0.2, 0.25) is 0 Å². The van der Waals surface area contributed by atoms with Crippen LogP contribution in [0.4, 0.5) is 49.4 Å². The highest BCUT2D eigenvalue weighted by Crippen LogP contribution is 2.39. The number of fused-ring (bicyclic) bond motifs is 1. The molecule has 0 saturated heterocycles. The zero-order chi connectivity index (χ0) is 27.7. The number of hydrogen-bond acceptors (Lipinski definition) is 9. The minimum absolute atomic E-state index is 0.0889. The first kappa shape index (κ1) is 26.5. The van der Waals surface area contributed by atoms with Crippen LogP contribution in [0.1, 0.15) is 27.3 Å². The number of nitrogens with one attached hydrogen (secondary N) is 2. The fraction of sp³-hybridized carbons (Fsp3) is 0.286. The van der Waals surface area contributed by atoms with E-state index in [0.29, 0.717) is 23.5 Å². The van der Waals surface area contributed by atoms with Crippen LogP contribution in [-0.4, -0.2) is 50.3 Å². The van der Waals surface area contributed by atoms with Crippen LogP contribution in [0.25, 0.3) is 0 Å². The van der Waals surface area contributed by atoms with Gasteiger partial charge in [0.05, 0.1) is 17.2 Å². The molecular formula is C21H16F6N8O3. The average molecular weight is 542 g/mol. The van der Waals surface area contributed by atoms with Gasteiger partial charge in [-0.2, -0.15) is 26.3 Å². The Bertz CT molecular complexity index is 1360. The molecule has 11 nitrogen and oxygen atoms in total. The van der Waals surface area contributed by atoms with Crippen molar-refractivity contribution in [2.45, 2.75) is 25.3 Å². The average Bonchev–Trinajstić information content (AvgIpc) is 2.86. The van der Waals surface area contributed by atoms with Crippen molar-refractivity contribution in [3.05, 3.63) is 69.3 Å². The van der Waals surface area contributed by atoms with Crippen molar-refractivity contribution < 1.29 is 36.1 Å². The van der Waals surface area contributed by atoms with Gasteiger partial charge in [0, 0.05) is 23.9 Å². The van der Waals surface area contributed by atoms with Crippen molar-refractivity contribution in [1.29, 1.82) is 0 Å². The normalized spacial score (nSPS) is 13.6. The lowest BCUT2D eigenvalue weighted by atomic mass is 10.0. The van der Waals surface area contributed by atoms with Gasteiger partial charge in [-0.05, 0) is 30.7 Å². The predicted molar refractivity (Wildman–Crippen MR) is 119 cm³/mol. The molecular weight excluding hydrogens is 526 g/mol. The van der Waals surface area contributed by atoms with E-state index < -0.39 is 41.0 Å². The van der Waals surface area contributed by atoms with Crippen LogP contribution in [0, 0.1) is 10.1 Å². The second-order valence-electron chi connectivity index (χ2n) is 8.00. The van der Waals surface area contributed by atoms with Crippen molar-refractivity contribution in [3.8, 4) is 0 Å². The van der Waals surface area contributed by atoms with Crippen LogP contribution in [-0.2, 0) is 19.1 Å². The Hall–Kier alpha value is -4.57. The molecule has 0 unspecified atom stereocenters. The van der Waals surface area contributed by atoms with E-state index in [4.69, 9.17) is 0 Å². The van der Waals surface area contributed by atoms with Gasteiger partial charge < -0.3 is 15.5 Å². The molecule has 2 N–H and O–H groups in total. The van der Waals surface area contributed by atoms with Gasteiger partial charge in [-0.25, -0.2) is 9.97 Å². The molecule has 0 fully saturated rings. The van der Waals surface area contributed by atoms with Crippen molar-refractivity contribution in [2.24, 2.45) is 0 Å². The summed E-state index contributed by atoms with van der Waals surface area (Å²) >= 11 is 0. The van der Waals surface area contributed by atoms with E-state index in [1.165, 1.54) is 24.5 Å². The lowest BCUT2D eigenvalue weighted by Crippen LogP contribution is -2.34. The minimum atomic E-state index is -4.92. The molecule has 0 aliphatic carbocycles. The van der Waals surface area contributed by atoms with Gasteiger partial charge in [0.25, 0.3) is 11.6 Å². The molecule has 0 radical (unpaired) electrons. The molecule has 38 heavy (non-hydrogen) atoms. The SMILES string of the molecule is O=C(NCC(F)(F)F)c1ccc(Nc2ncnc3c2CCN(c2ccc([N+](=O)[O-])c(C(F)(F)F)c2)C3)nn1. The lowest BCUT2D eigenvalue weighted by molar-refractivity contribution is -0.388. The molecule has 3 heterocycles. The van der Waals surface area contributed by atoms with E-state index in [-0.39, 0.29) is 30.3 Å². The van der Waals surface area contributed by atoms with E-state index in [2.05, 4.69) is 25.5 Å². The molecule has 1 aliphatic heterocycles. The van der Waals surface area contributed by atoms with Gasteiger partial charge in [-0.15, -0.1) is 10.2 Å². The number of halogens is 6. The van der Waals surface area contributed by atoms with Crippen LogP contribution in [0.15, 0.2) is 36.7 Å². The molecule has 4 rings (SSSR count). The zero-order valence-corrected chi connectivity index (χ0v) is 19.0. The van der Waals surface area contributed by atoms with Crippen molar-refractivity contribution in [2.75, 3.05) is 23.3 Å². The molecule has 1 amide bonds. The summed E-state index contributed by atoms with van der Waals surface area (Å²) in [5.41, 5.74) is -1.48. The van der Waals surface area contributed by atoms with Gasteiger partial charge in [0.15, 0.2) is 11.5 Å². The third-order valence-corrected chi connectivity index (χ3v) is 5.45. The van der Waals surface area contributed by atoms with Gasteiger partial charge in [0.1, 0.15) is 24.3 Å². The molecule has 0 bridgehead atoms. The van der Waals surface area contributed by atoms with Crippen molar-refractivity contribution >= 4 is 28.9 Å². The van der Waals surface area contributed by atoms with Gasteiger partial charge >= 0.3 is 12.4 Å². The van der Waals surface area contributed by atoms with Crippen molar-refractivity contribution in [1.82, 2.24) is 25.5 Å². The molecule has 3 aromatic rings. The summed E-state index contributed by atoms with van der Waals surface area (Å²) in [7, 11) is 0. The molecule has 200 valence electrons. The number of nitro groups is 1. The number of carbonyl (C=O) groups excluding carboxylic acids is 1. The highest BCUT2D eigenvalue weighted by molar-refractivity contribution is 5.92. The van der Waals surface area contributed by atoms with Crippen LogP contribution < -0.4 is 15.5 Å². The Morgan fingerprint density at radius 2 is 1.84 bits per heavy atom. The van der Waals surface area contributed by atoms with Crippen LogP contribution >= 0.6 is 0 Å². The van der Waals surface area contributed by atoms with Gasteiger partial charge in [-0.3, -0.25) is 14.9 Å². The van der Waals surface area contributed by atoms with E-state index in [9.17, 15) is 41.3 Å². The number of nitro benzene ring substituents is 1. The first-order valence-corrected chi connectivity index (χ1v) is 10.7. The largest absolute Gasteiger partial charge is 0.423 e. The molecule has 2 aromatic heterocycles. The number of carbonyl (C=O) groups is 1. The van der Waals surface area contributed by atoms with E-state index in [1.54, 1.807) is 10.2 Å². The molecule has 1 aliphatic rings. The fourth-order valence-electron chi connectivity index (χ4n) is 3.70. The number of hydrogen-bond donors (Lipinski definition) is 2. The number of benzene rings is 1.